The van der Waals surface area contributed by atoms with Gasteiger partial charge in [-0.2, -0.15) is 0 Å². The zero-order chi connectivity index (χ0) is 22.8. The fourth-order valence-electron chi connectivity index (χ4n) is 3.75. The van der Waals surface area contributed by atoms with Crippen LogP contribution in [0.25, 0.3) is 0 Å². The maximum Gasteiger partial charge on any atom is 0.174 e. The summed E-state index contributed by atoms with van der Waals surface area (Å²) >= 11 is 0. The molecule has 6 nitrogen and oxygen atoms in total. The molecule has 31 heavy (non-hydrogen) atoms. The SMILES string of the molecule is C/C(=C\Cc1c(O)cc2c(c1O)C(=O)C[C@@H](c1ccc(O)cc1)O2)CCCC(C)(C)O. The van der Waals surface area contributed by atoms with Crippen LogP contribution >= 0.6 is 0 Å². The van der Waals surface area contributed by atoms with Crippen LogP contribution in [0.5, 0.6) is 23.0 Å². The Morgan fingerprint density at radius 3 is 2.52 bits per heavy atom. The molecule has 0 aromatic heterocycles. The van der Waals surface area contributed by atoms with Crippen LogP contribution in [0.1, 0.15) is 74.0 Å². The zero-order valence-electron chi connectivity index (χ0n) is 18.2. The summed E-state index contributed by atoms with van der Waals surface area (Å²) in [6.45, 7) is 5.52. The molecule has 3 rings (SSSR count). The average Bonchev–Trinajstić information content (AvgIpc) is 2.66. The number of Topliss-reactive ketones (excluding diaryl/α,β-unsaturated/α-hetero) is 1. The predicted molar refractivity (Wildman–Crippen MR) is 118 cm³/mol. The first-order valence-electron chi connectivity index (χ1n) is 10.5. The van der Waals surface area contributed by atoms with E-state index in [0.717, 1.165) is 24.0 Å². The molecule has 6 heteroatoms. The normalized spacial score (nSPS) is 16.7. The number of aromatic hydroxyl groups is 3. The molecule has 0 amide bonds. The number of benzene rings is 2. The quantitative estimate of drug-likeness (QED) is 0.467. The van der Waals surface area contributed by atoms with E-state index in [1.165, 1.54) is 18.2 Å². The van der Waals surface area contributed by atoms with Crippen LogP contribution in [-0.2, 0) is 6.42 Å². The lowest BCUT2D eigenvalue weighted by Gasteiger charge is -2.27. The highest BCUT2D eigenvalue weighted by Gasteiger charge is 2.32. The second kappa shape index (κ2) is 9.02. The molecule has 0 bridgehead atoms. The number of rotatable bonds is 7. The Balaban J connectivity index is 1.77. The average molecular weight is 427 g/mol. The number of hydrogen-bond donors (Lipinski definition) is 4. The lowest BCUT2D eigenvalue weighted by Crippen LogP contribution is -2.20. The zero-order valence-corrected chi connectivity index (χ0v) is 18.2. The fraction of sp³-hybridized carbons (Fsp3) is 0.400. The van der Waals surface area contributed by atoms with Crippen molar-refractivity contribution in [3.63, 3.8) is 0 Å². The molecule has 0 radical (unpaired) electrons. The van der Waals surface area contributed by atoms with Gasteiger partial charge in [-0.3, -0.25) is 4.79 Å². The first-order valence-corrected chi connectivity index (χ1v) is 10.5. The molecule has 0 spiro atoms. The van der Waals surface area contributed by atoms with Crippen molar-refractivity contribution in [1.29, 1.82) is 0 Å². The molecule has 4 N–H and O–H groups in total. The third-order valence-corrected chi connectivity index (χ3v) is 5.54. The van der Waals surface area contributed by atoms with Crippen molar-refractivity contribution in [1.82, 2.24) is 0 Å². The van der Waals surface area contributed by atoms with Gasteiger partial charge in [0.1, 0.15) is 34.7 Å². The molecule has 0 fully saturated rings. The molecule has 166 valence electrons. The van der Waals surface area contributed by atoms with Crippen molar-refractivity contribution in [2.45, 2.75) is 64.6 Å². The van der Waals surface area contributed by atoms with Gasteiger partial charge in [0.15, 0.2) is 5.78 Å². The van der Waals surface area contributed by atoms with Crippen LogP contribution in [0.4, 0.5) is 0 Å². The molecule has 1 atom stereocenters. The topological polar surface area (TPSA) is 107 Å². The number of carbonyl (C=O) groups excluding carboxylic acids is 1. The molecule has 2 aromatic rings. The predicted octanol–water partition coefficient (Wildman–Crippen LogP) is 4.94. The molecular formula is C25H30O6. The van der Waals surface area contributed by atoms with Crippen LogP contribution in [-0.4, -0.2) is 31.8 Å². The monoisotopic (exact) mass is 426 g/mol. The highest BCUT2D eigenvalue weighted by atomic mass is 16.5. The van der Waals surface area contributed by atoms with Gasteiger partial charge in [0.25, 0.3) is 0 Å². The van der Waals surface area contributed by atoms with Gasteiger partial charge < -0.3 is 25.2 Å². The van der Waals surface area contributed by atoms with E-state index in [9.17, 15) is 25.2 Å². The minimum absolute atomic E-state index is 0.0569. The standard InChI is InChI=1S/C25H30O6/c1-15(5-4-12-25(2,3)30)6-11-18-19(27)13-22-23(24(18)29)20(28)14-21(31-22)16-7-9-17(26)10-8-16/h6-10,13,21,26-27,29-30H,4-5,11-12,14H2,1-3H3/b15-6+/t21-/m0/s1. The molecule has 0 saturated carbocycles. The number of aliphatic hydroxyl groups is 1. The molecule has 0 aliphatic carbocycles. The van der Waals surface area contributed by atoms with Gasteiger partial charge >= 0.3 is 0 Å². The van der Waals surface area contributed by atoms with Gasteiger partial charge in [0.05, 0.1) is 12.0 Å². The summed E-state index contributed by atoms with van der Waals surface area (Å²) < 4.78 is 5.89. The highest BCUT2D eigenvalue weighted by molar-refractivity contribution is 6.03. The number of ketones is 1. The second-order valence-electron chi connectivity index (χ2n) is 8.84. The summed E-state index contributed by atoms with van der Waals surface area (Å²) in [5.41, 5.74) is 1.49. The van der Waals surface area contributed by atoms with E-state index in [1.807, 2.05) is 13.0 Å². The van der Waals surface area contributed by atoms with Crippen molar-refractivity contribution in [3.8, 4) is 23.0 Å². The number of hydrogen-bond acceptors (Lipinski definition) is 6. The molecule has 2 aromatic carbocycles. The molecule has 1 aliphatic rings. The van der Waals surface area contributed by atoms with Crippen LogP contribution in [0.15, 0.2) is 42.0 Å². The first-order chi connectivity index (χ1) is 14.5. The van der Waals surface area contributed by atoms with Crippen molar-refractivity contribution in [2.75, 3.05) is 0 Å². The molecule has 1 aliphatic heterocycles. The summed E-state index contributed by atoms with van der Waals surface area (Å²) in [5, 5.41) is 40.5. The minimum atomic E-state index is -0.701. The fourth-order valence-corrected chi connectivity index (χ4v) is 3.75. The van der Waals surface area contributed by atoms with Crippen LogP contribution in [0.3, 0.4) is 0 Å². The summed E-state index contributed by atoms with van der Waals surface area (Å²) in [7, 11) is 0. The van der Waals surface area contributed by atoms with Crippen molar-refractivity contribution in [2.24, 2.45) is 0 Å². The maximum absolute atomic E-state index is 12.8. The molecule has 1 heterocycles. The van der Waals surface area contributed by atoms with Gasteiger partial charge in [-0.25, -0.2) is 0 Å². The number of fused-ring (bicyclic) bond motifs is 1. The lowest BCUT2D eigenvalue weighted by atomic mass is 9.92. The van der Waals surface area contributed by atoms with Crippen LogP contribution in [0, 0.1) is 0 Å². The Hall–Kier alpha value is -2.99. The van der Waals surface area contributed by atoms with Gasteiger partial charge in [-0.1, -0.05) is 23.8 Å². The van der Waals surface area contributed by atoms with Gasteiger partial charge in [-0.15, -0.1) is 0 Å². The number of allylic oxidation sites excluding steroid dienone is 2. The lowest BCUT2D eigenvalue weighted by molar-refractivity contribution is 0.0689. The minimum Gasteiger partial charge on any atom is -0.508 e. The maximum atomic E-state index is 12.8. The second-order valence-corrected chi connectivity index (χ2v) is 8.84. The van der Waals surface area contributed by atoms with E-state index < -0.39 is 11.7 Å². The third-order valence-electron chi connectivity index (χ3n) is 5.54. The van der Waals surface area contributed by atoms with Gasteiger partial charge in [0, 0.05) is 11.6 Å². The van der Waals surface area contributed by atoms with Crippen LogP contribution in [0.2, 0.25) is 0 Å². The molecule has 0 unspecified atom stereocenters. The summed E-state index contributed by atoms with van der Waals surface area (Å²) in [4.78, 5) is 12.8. The van der Waals surface area contributed by atoms with Gasteiger partial charge in [0.2, 0.25) is 0 Å². The number of phenolic OH excluding ortho intramolecular Hbond substituents is 3. The smallest absolute Gasteiger partial charge is 0.174 e. The summed E-state index contributed by atoms with van der Waals surface area (Å²) in [6.07, 6.45) is 4.02. The van der Waals surface area contributed by atoms with Crippen molar-refractivity contribution >= 4 is 5.78 Å². The Bertz CT molecular complexity index is 983. The largest absolute Gasteiger partial charge is 0.508 e. The van der Waals surface area contributed by atoms with E-state index in [4.69, 9.17) is 4.74 Å². The number of phenols is 3. The Morgan fingerprint density at radius 1 is 1.19 bits per heavy atom. The van der Waals surface area contributed by atoms with E-state index >= 15 is 0 Å². The Kier molecular flexibility index (Phi) is 6.60. The molecule has 0 saturated heterocycles. The summed E-state index contributed by atoms with van der Waals surface area (Å²) in [5.74, 6) is -0.363. The van der Waals surface area contributed by atoms with Crippen LogP contribution < -0.4 is 4.74 Å². The van der Waals surface area contributed by atoms with E-state index in [0.29, 0.717) is 12.0 Å². The summed E-state index contributed by atoms with van der Waals surface area (Å²) in [6, 6.07) is 7.78. The third kappa shape index (κ3) is 5.58. The number of ether oxygens (including phenoxy) is 1. The van der Waals surface area contributed by atoms with Gasteiger partial charge in [-0.05, 0) is 64.2 Å². The van der Waals surface area contributed by atoms with Crippen molar-refractivity contribution < 1.29 is 30.0 Å². The molecular weight excluding hydrogens is 396 g/mol. The van der Waals surface area contributed by atoms with E-state index in [2.05, 4.69) is 0 Å². The highest BCUT2D eigenvalue weighted by Crippen LogP contribution is 2.44. The van der Waals surface area contributed by atoms with E-state index in [1.54, 1.807) is 26.0 Å². The van der Waals surface area contributed by atoms with Crippen molar-refractivity contribution in [3.05, 3.63) is 58.7 Å². The Morgan fingerprint density at radius 2 is 1.87 bits per heavy atom. The van der Waals surface area contributed by atoms with E-state index in [-0.39, 0.29) is 47.2 Å². The number of carbonyl (C=O) groups is 1. The first kappa shape index (κ1) is 22.7. The Labute approximate surface area is 182 Å².